The van der Waals surface area contributed by atoms with Gasteiger partial charge in [-0.05, 0) is 6.92 Å². The van der Waals surface area contributed by atoms with Crippen molar-refractivity contribution in [1.82, 2.24) is 10.6 Å². The van der Waals surface area contributed by atoms with Crippen molar-refractivity contribution in [2.75, 3.05) is 6.54 Å². The second kappa shape index (κ2) is 8.69. The van der Waals surface area contributed by atoms with E-state index >= 15 is 0 Å². The van der Waals surface area contributed by atoms with Crippen LogP contribution in [0, 0.1) is 0 Å². The van der Waals surface area contributed by atoms with E-state index in [-0.39, 0.29) is 25.5 Å². The van der Waals surface area contributed by atoms with Crippen molar-refractivity contribution in [3.05, 3.63) is 0 Å². The molecule has 7 heteroatoms. The summed E-state index contributed by atoms with van der Waals surface area (Å²) in [5.74, 6) is 0. The fourth-order valence-corrected chi connectivity index (χ4v) is 1.10. The summed E-state index contributed by atoms with van der Waals surface area (Å²) in [6.45, 7) is 2.67. The molecule has 0 aromatic heterocycles. The van der Waals surface area contributed by atoms with Crippen molar-refractivity contribution in [2.45, 2.75) is 13.0 Å². The van der Waals surface area contributed by atoms with Crippen LogP contribution in [-0.2, 0) is 19.5 Å². The maximum Gasteiger partial charge on any atom is 0.130 e. The van der Waals surface area contributed by atoms with Crippen LogP contribution in [0.2, 0.25) is 0 Å². The molecule has 0 heterocycles. The molecule has 0 aromatic carbocycles. The molecule has 0 radical (unpaired) electrons. The van der Waals surface area contributed by atoms with Gasteiger partial charge >= 0.3 is 0 Å². The Labute approximate surface area is 107 Å². The quantitative estimate of drug-likeness (QED) is 0.354. The van der Waals surface area contributed by atoms with E-state index in [4.69, 9.17) is 24.4 Å². The minimum atomic E-state index is 0. The largest absolute Gasteiger partial charge is 0.369 e. The maximum atomic E-state index is 4.73. The Morgan fingerprint density at radius 2 is 1.83 bits per heavy atom. The van der Waals surface area contributed by atoms with Gasteiger partial charge in [-0.3, -0.25) is 0 Å². The third-order valence-electron chi connectivity index (χ3n) is 0.929. The third-order valence-corrected chi connectivity index (χ3v) is 1.48. The smallest absolute Gasteiger partial charge is 0.130 e. The van der Waals surface area contributed by atoms with Gasteiger partial charge in [0.2, 0.25) is 0 Å². The first kappa shape index (κ1) is 15.6. The second-order valence-electron chi connectivity index (χ2n) is 2.04. The fourth-order valence-electron chi connectivity index (χ4n) is 0.502. The summed E-state index contributed by atoms with van der Waals surface area (Å²) >= 11 is 17.3. The van der Waals surface area contributed by atoms with E-state index in [0.717, 1.165) is 0 Å². The molecule has 2 nitrogen and oxygen atoms in total. The summed E-state index contributed by atoms with van der Waals surface area (Å²) in [6.07, 6.45) is 0. The molecule has 0 aromatic rings. The Balaban J connectivity index is 0. The van der Waals surface area contributed by atoms with Gasteiger partial charge in [-0.15, -0.1) is 25.3 Å². The fraction of sp³-hybridized carbons (Fsp3) is 0.600. The molecule has 0 fully saturated rings. The first-order valence-corrected chi connectivity index (χ1v) is 4.69. The predicted octanol–water partition coefficient (Wildman–Crippen LogP) is 0.981. The van der Waals surface area contributed by atoms with Gasteiger partial charge in [0.15, 0.2) is 0 Å². The average Bonchev–Trinajstić information content (AvgIpc) is 1.82. The normalized spacial score (nSPS) is 10.9. The molecule has 12 heavy (non-hydrogen) atoms. The molecular weight excluding hydrogens is 282 g/mol. The van der Waals surface area contributed by atoms with Gasteiger partial charge in [0.25, 0.3) is 0 Å². The zero-order valence-electron chi connectivity index (χ0n) is 6.70. The van der Waals surface area contributed by atoms with Crippen molar-refractivity contribution in [3.63, 3.8) is 0 Å². The monoisotopic (exact) mass is 290 g/mol. The van der Waals surface area contributed by atoms with E-state index < -0.39 is 0 Å². The Morgan fingerprint density at radius 1 is 1.33 bits per heavy atom. The van der Waals surface area contributed by atoms with Gasteiger partial charge in [-0.25, -0.2) is 0 Å². The van der Waals surface area contributed by atoms with Gasteiger partial charge in [0.1, 0.15) is 8.64 Å². The van der Waals surface area contributed by atoms with Crippen LogP contribution < -0.4 is 10.6 Å². The minimum absolute atomic E-state index is 0. The Hall–Kier alpha value is 1.10. The SMILES string of the molecule is CC(CNC(=S)S)NC(=S)S.[Zn]. The van der Waals surface area contributed by atoms with Crippen LogP contribution in [0.25, 0.3) is 0 Å². The van der Waals surface area contributed by atoms with E-state index in [1.807, 2.05) is 6.92 Å². The molecule has 0 aliphatic heterocycles. The molecule has 0 amide bonds. The summed E-state index contributed by atoms with van der Waals surface area (Å²) in [5.41, 5.74) is 0. The minimum Gasteiger partial charge on any atom is -0.369 e. The van der Waals surface area contributed by atoms with Gasteiger partial charge in [0, 0.05) is 32.1 Å². The summed E-state index contributed by atoms with van der Waals surface area (Å²) < 4.78 is 0.980. The summed E-state index contributed by atoms with van der Waals surface area (Å²) in [7, 11) is 0. The van der Waals surface area contributed by atoms with E-state index in [1.54, 1.807) is 0 Å². The summed E-state index contributed by atoms with van der Waals surface area (Å²) in [6, 6.07) is 0.213. The number of hydrogen-bond donors (Lipinski definition) is 4. The van der Waals surface area contributed by atoms with Crippen molar-refractivity contribution in [1.29, 1.82) is 0 Å². The number of nitrogens with one attached hydrogen (secondary N) is 2. The van der Waals surface area contributed by atoms with Crippen LogP contribution in [0.4, 0.5) is 0 Å². The summed E-state index contributed by atoms with van der Waals surface area (Å²) in [5, 5.41) is 5.83. The van der Waals surface area contributed by atoms with Crippen LogP contribution in [-0.4, -0.2) is 21.2 Å². The van der Waals surface area contributed by atoms with Gasteiger partial charge in [-0.1, -0.05) is 24.4 Å². The van der Waals surface area contributed by atoms with Crippen molar-refractivity contribution < 1.29 is 19.5 Å². The van der Waals surface area contributed by atoms with E-state index in [2.05, 4.69) is 35.9 Å². The van der Waals surface area contributed by atoms with Crippen LogP contribution >= 0.6 is 49.7 Å². The Kier molecular flexibility index (Phi) is 11.3. The Bertz CT molecular complexity index is 164. The predicted molar refractivity (Wildman–Crippen MR) is 63.8 cm³/mol. The average molecular weight is 292 g/mol. The molecule has 1 unspecified atom stereocenters. The number of hydrogen-bond acceptors (Lipinski definition) is 2. The first-order chi connectivity index (χ1) is 5.02. The van der Waals surface area contributed by atoms with E-state index in [9.17, 15) is 0 Å². The Morgan fingerprint density at radius 3 is 2.17 bits per heavy atom. The van der Waals surface area contributed by atoms with Crippen LogP contribution in [0.5, 0.6) is 0 Å². The molecule has 0 rings (SSSR count). The second-order valence-corrected chi connectivity index (χ2v) is 4.35. The van der Waals surface area contributed by atoms with E-state index in [1.165, 1.54) is 0 Å². The molecule has 0 aliphatic rings. The van der Waals surface area contributed by atoms with Crippen molar-refractivity contribution in [2.24, 2.45) is 0 Å². The number of thiocarbonyl (C=S) groups is 2. The molecule has 0 saturated carbocycles. The molecule has 2 N–H and O–H groups in total. The van der Waals surface area contributed by atoms with Crippen LogP contribution in [0.1, 0.15) is 6.92 Å². The summed E-state index contributed by atoms with van der Waals surface area (Å²) in [4.78, 5) is 0. The van der Waals surface area contributed by atoms with Crippen molar-refractivity contribution in [3.8, 4) is 0 Å². The molecule has 0 aliphatic carbocycles. The molecule has 1 atom stereocenters. The maximum absolute atomic E-state index is 4.73. The zero-order valence-corrected chi connectivity index (χ0v) is 13.1. The van der Waals surface area contributed by atoms with Crippen LogP contribution in [0.3, 0.4) is 0 Å². The zero-order chi connectivity index (χ0) is 8.85. The van der Waals surface area contributed by atoms with Gasteiger partial charge in [-0.2, -0.15) is 0 Å². The first-order valence-electron chi connectivity index (χ1n) is 2.98. The molecule has 0 saturated heterocycles. The van der Waals surface area contributed by atoms with Crippen molar-refractivity contribution >= 4 is 58.3 Å². The standard InChI is InChI=1S/C5H10N2S4.Zn/c1-3(7-5(10)11)2-6-4(8)9;/h3H,2H2,1H3,(H2,6,8,9)(H2,7,10,11);. The molecular formula is C5H10N2S4Zn. The van der Waals surface area contributed by atoms with Gasteiger partial charge < -0.3 is 10.6 Å². The third kappa shape index (κ3) is 11.1. The van der Waals surface area contributed by atoms with Crippen LogP contribution in [0.15, 0.2) is 0 Å². The molecule has 0 spiro atoms. The van der Waals surface area contributed by atoms with Gasteiger partial charge in [0.05, 0.1) is 0 Å². The molecule has 0 bridgehead atoms. The molecule has 66 valence electrons. The topological polar surface area (TPSA) is 24.1 Å². The number of thiol groups is 2. The number of rotatable bonds is 3. The van der Waals surface area contributed by atoms with E-state index in [0.29, 0.717) is 15.2 Å².